The fourth-order valence-electron chi connectivity index (χ4n) is 1.47. The van der Waals surface area contributed by atoms with Crippen LogP contribution in [0.3, 0.4) is 0 Å². The zero-order valence-corrected chi connectivity index (χ0v) is 7.64. The third-order valence-corrected chi connectivity index (χ3v) is 2.18. The predicted octanol–water partition coefficient (Wildman–Crippen LogP) is 3.02. The molecule has 1 aromatic carbocycles. The number of aromatic amines is 1. The monoisotopic (exact) mass is 186 g/mol. The molecule has 14 heavy (non-hydrogen) atoms. The molecule has 0 atom stereocenters. The molecule has 0 saturated heterocycles. The molecule has 2 rings (SSSR count). The summed E-state index contributed by atoms with van der Waals surface area (Å²) in [6, 6.07) is 8.25. The molecule has 0 amide bonds. The molecule has 0 unspecified atom stereocenters. The largest absolute Gasteiger partial charge is 0.361 e. The lowest BCUT2D eigenvalue weighted by molar-refractivity contribution is 0.958. The third kappa shape index (κ3) is 1.70. The number of aromatic nitrogens is 1. The number of nitrogens with one attached hydrogen (secondary N) is 1. The highest BCUT2D eigenvalue weighted by Crippen LogP contribution is 2.14. The standard InChI is InChI=1S/C10H10N4/c11-14-13-6-3-8-1-2-9-4-5-12-10(9)7-8/h1-2,4-5,7,12H,3,6H2. The van der Waals surface area contributed by atoms with Crippen molar-refractivity contribution < 1.29 is 0 Å². The van der Waals surface area contributed by atoms with Gasteiger partial charge in [-0.3, -0.25) is 0 Å². The number of azide groups is 1. The average molecular weight is 186 g/mol. The molecule has 0 aliphatic heterocycles. The maximum absolute atomic E-state index is 8.14. The molecular formula is C10H10N4. The molecule has 0 aliphatic carbocycles. The third-order valence-electron chi connectivity index (χ3n) is 2.18. The van der Waals surface area contributed by atoms with Gasteiger partial charge in [0.15, 0.2) is 0 Å². The van der Waals surface area contributed by atoms with E-state index in [1.165, 1.54) is 10.9 Å². The zero-order valence-electron chi connectivity index (χ0n) is 7.64. The molecular weight excluding hydrogens is 176 g/mol. The van der Waals surface area contributed by atoms with Crippen LogP contribution in [0.25, 0.3) is 21.3 Å². The van der Waals surface area contributed by atoms with E-state index in [-0.39, 0.29) is 0 Å². The van der Waals surface area contributed by atoms with Crippen LogP contribution in [0.1, 0.15) is 5.56 Å². The Balaban J connectivity index is 2.21. The topological polar surface area (TPSA) is 64.6 Å². The SMILES string of the molecule is [N-]=[N+]=NCCc1ccc2cc[nH]c2c1. The lowest BCUT2D eigenvalue weighted by Crippen LogP contribution is -1.87. The van der Waals surface area contributed by atoms with Crippen molar-refractivity contribution in [1.29, 1.82) is 0 Å². The zero-order chi connectivity index (χ0) is 9.80. The Morgan fingerprint density at radius 1 is 1.36 bits per heavy atom. The van der Waals surface area contributed by atoms with Gasteiger partial charge in [-0.05, 0) is 35.0 Å². The maximum Gasteiger partial charge on any atom is 0.0456 e. The normalized spacial score (nSPS) is 10.0. The minimum Gasteiger partial charge on any atom is -0.361 e. The van der Waals surface area contributed by atoms with Crippen LogP contribution in [-0.2, 0) is 6.42 Å². The summed E-state index contributed by atoms with van der Waals surface area (Å²) in [7, 11) is 0. The van der Waals surface area contributed by atoms with E-state index < -0.39 is 0 Å². The fourth-order valence-corrected chi connectivity index (χ4v) is 1.47. The van der Waals surface area contributed by atoms with Crippen molar-refractivity contribution in [3.63, 3.8) is 0 Å². The van der Waals surface area contributed by atoms with E-state index in [2.05, 4.69) is 33.2 Å². The Labute approximate surface area is 81.2 Å². The van der Waals surface area contributed by atoms with Crippen LogP contribution in [0.15, 0.2) is 35.6 Å². The lowest BCUT2D eigenvalue weighted by Gasteiger charge is -1.97. The van der Waals surface area contributed by atoms with Crippen molar-refractivity contribution in [1.82, 2.24) is 4.98 Å². The van der Waals surface area contributed by atoms with Crippen molar-refractivity contribution in [2.24, 2.45) is 5.11 Å². The Kier molecular flexibility index (Phi) is 2.38. The van der Waals surface area contributed by atoms with E-state index in [1.54, 1.807) is 0 Å². The minimum absolute atomic E-state index is 0.517. The summed E-state index contributed by atoms with van der Waals surface area (Å²) >= 11 is 0. The molecule has 0 fully saturated rings. The smallest absolute Gasteiger partial charge is 0.0456 e. The second-order valence-corrected chi connectivity index (χ2v) is 3.10. The highest BCUT2D eigenvalue weighted by molar-refractivity contribution is 5.79. The van der Waals surface area contributed by atoms with Crippen LogP contribution in [0.5, 0.6) is 0 Å². The van der Waals surface area contributed by atoms with Gasteiger partial charge >= 0.3 is 0 Å². The van der Waals surface area contributed by atoms with E-state index >= 15 is 0 Å². The van der Waals surface area contributed by atoms with Gasteiger partial charge in [-0.1, -0.05) is 17.2 Å². The summed E-state index contributed by atoms with van der Waals surface area (Å²) in [6.07, 6.45) is 2.71. The number of H-pyrrole nitrogens is 1. The van der Waals surface area contributed by atoms with E-state index in [4.69, 9.17) is 5.53 Å². The van der Waals surface area contributed by atoms with Gasteiger partial charge in [-0.25, -0.2) is 0 Å². The number of nitrogens with zero attached hydrogens (tertiary/aromatic N) is 3. The maximum atomic E-state index is 8.14. The van der Waals surface area contributed by atoms with Crippen molar-refractivity contribution in [3.8, 4) is 0 Å². The van der Waals surface area contributed by atoms with Gasteiger partial charge < -0.3 is 4.98 Å². The first-order chi connectivity index (χ1) is 6.90. The lowest BCUT2D eigenvalue weighted by atomic mass is 10.1. The Hall–Kier alpha value is -1.93. The molecule has 0 spiro atoms. The van der Waals surface area contributed by atoms with Crippen molar-refractivity contribution in [3.05, 3.63) is 46.5 Å². The van der Waals surface area contributed by atoms with Crippen molar-refractivity contribution >= 4 is 10.9 Å². The summed E-state index contributed by atoms with van der Waals surface area (Å²) in [5, 5.41) is 4.71. The number of hydrogen-bond donors (Lipinski definition) is 1. The van der Waals surface area contributed by atoms with Crippen LogP contribution < -0.4 is 0 Å². The Morgan fingerprint density at radius 2 is 2.29 bits per heavy atom. The van der Waals surface area contributed by atoms with Crippen LogP contribution in [0.2, 0.25) is 0 Å². The van der Waals surface area contributed by atoms with E-state index in [0.717, 1.165) is 11.9 Å². The number of benzene rings is 1. The first kappa shape index (κ1) is 8.66. The molecule has 1 heterocycles. The Bertz CT molecular complexity index is 480. The highest BCUT2D eigenvalue weighted by atomic mass is 15.1. The molecule has 2 aromatic rings. The molecule has 0 aliphatic rings. The second-order valence-electron chi connectivity index (χ2n) is 3.10. The predicted molar refractivity (Wildman–Crippen MR) is 56.0 cm³/mol. The number of hydrogen-bond acceptors (Lipinski definition) is 1. The average Bonchev–Trinajstić information content (AvgIpc) is 2.65. The highest BCUT2D eigenvalue weighted by Gasteiger charge is 1.96. The van der Waals surface area contributed by atoms with Crippen LogP contribution in [0.4, 0.5) is 0 Å². The van der Waals surface area contributed by atoms with Gasteiger partial charge in [0, 0.05) is 23.2 Å². The quantitative estimate of drug-likeness (QED) is 0.435. The summed E-state index contributed by atoms with van der Waals surface area (Å²) in [4.78, 5) is 5.87. The van der Waals surface area contributed by atoms with Gasteiger partial charge in [0.25, 0.3) is 0 Å². The van der Waals surface area contributed by atoms with Gasteiger partial charge in [0.2, 0.25) is 0 Å². The molecule has 4 nitrogen and oxygen atoms in total. The summed E-state index contributed by atoms with van der Waals surface area (Å²) in [5.74, 6) is 0. The number of fused-ring (bicyclic) bond motifs is 1. The molecule has 0 bridgehead atoms. The summed E-state index contributed by atoms with van der Waals surface area (Å²) in [5.41, 5.74) is 10.5. The fraction of sp³-hybridized carbons (Fsp3) is 0.200. The minimum atomic E-state index is 0.517. The van der Waals surface area contributed by atoms with Crippen LogP contribution in [0, 0.1) is 0 Å². The van der Waals surface area contributed by atoms with Crippen molar-refractivity contribution in [2.75, 3.05) is 6.54 Å². The molecule has 70 valence electrons. The van der Waals surface area contributed by atoms with Gasteiger partial charge in [-0.2, -0.15) is 0 Å². The molecule has 4 heteroatoms. The van der Waals surface area contributed by atoms with Crippen LogP contribution >= 0.6 is 0 Å². The van der Waals surface area contributed by atoms with Crippen molar-refractivity contribution in [2.45, 2.75) is 6.42 Å². The van der Waals surface area contributed by atoms with Gasteiger partial charge in [0.05, 0.1) is 0 Å². The van der Waals surface area contributed by atoms with E-state index in [1.807, 2.05) is 12.3 Å². The number of rotatable bonds is 3. The van der Waals surface area contributed by atoms with E-state index in [0.29, 0.717) is 6.54 Å². The first-order valence-electron chi connectivity index (χ1n) is 4.47. The molecule has 1 aromatic heterocycles. The Morgan fingerprint density at radius 3 is 3.14 bits per heavy atom. The van der Waals surface area contributed by atoms with Gasteiger partial charge in [0.1, 0.15) is 0 Å². The van der Waals surface area contributed by atoms with E-state index in [9.17, 15) is 0 Å². The summed E-state index contributed by atoms with van der Waals surface area (Å²) in [6.45, 7) is 0.517. The summed E-state index contributed by atoms with van der Waals surface area (Å²) < 4.78 is 0. The molecule has 0 saturated carbocycles. The van der Waals surface area contributed by atoms with Crippen LogP contribution in [-0.4, -0.2) is 11.5 Å². The molecule has 0 radical (unpaired) electrons. The molecule has 1 N–H and O–H groups in total. The second kappa shape index (κ2) is 3.85. The first-order valence-corrected chi connectivity index (χ1v) is 4.47. The van der Waals surface area contributed by atoms with Gasteiger partial charge in [-0.15, -0.1) is 0 Å².